The second-order valence-corrected chi connectivity index (χ2v) is 16.0. The van der Waals surface area contributed by atoms with Gasteiger partial charge in [0.1, 0.15) is 12.7 Å². The second kappa shape index (κ2) is 18.5. The summed E-state index contributed by atoms with van der Waals surface area (Å²) < 4.78 is 5.99. The quantitative estimate of drug-likeness (QED) is 0.0861. The Labute approximate surface area is 265 Å². The van der Waals surface area contributed by atoms with Crippen molar-refractivity contribution in [1.82, 2.24) is 0 Å². The molecule has 0 saturated heterocycles. The third-order valence-corrected chi connectivity index (χ3v) is 13.1. The third-order valence-electron chi connectivity index (χ3n) is 13.1. The van der Waals surface area contributed by atoms with Gasteiger partial charge in [-0.1, -0.05) is 96.8 Å². The Balaban J connectivity index is 0.982. The van der Waals surface area contributed by atoms with Gasteiger partial charge in [0.2, 0.25) is 0 Å². The number of hydrogen-bond acceptors (Lipinski definition) is 4. The summed E-state index contributed by atoms with van der Waals surface area (Å²) in [6, 6.07) is 0. The molecule has 0 aliphatic heterocycles. The van der Waals surface area contributed by atoms with E-state index in [1.165, 1.54) is 154 Å². The maximum atomic E-state index is 13.1. The van der Waals surface area contributed by atoms with Crippen molar-refractivity contribution < 1.29 is 19.3 Å². The number of carbonyl (C=O) groups is 1. The molecule has 5 saturated carbocycles. The van der Waals surface area contributed by atoms with Gasteiger partial charge in [0, 0.05) is 0 Å². The molecule has 0 aromatic carbocycles. The second-order valence-electron chi connectivity index (χ2n) is 16.0. The van der Waals surface area contributed by atoms with Gasteiger partial charge in [-0.2, -0.15) is 0 Å². The van der Waals surface area contributed by atoms with Gasteiger partial charge in [-0.3, -0.25) is 4.79 Å². The summed E-state index contributed by atoms with van der Waals surface area (Å²) in [6.07, 6.45) is 34.6. The van der Waals surface area contributed by atoms with Crippen LogP contribution in [0.5, 0.6) is 0 Å². The van der Waals surface area contributed by atoms with Gasteiger partial charge < -0.3 is 4.74 Å². The molecular weight excluding hydrogens is 532 g/mol. The maximum absolute atomic E-state index is 13.1. The first kappa shape index (κ1) is 33.7. The van der Waals surface area contributed by atoms with Crippen LogP contribution in [0.3, 0.4) is 0 Å². The molecule has 0 spiro atoms. The van der Waals surface area contributed by atoms with Gasteiger partial charge >= 0.3 is 5.97 Å². The number of ether oxygens (including phenoxy) is 1. The lowest BCUT2D eigenvalue weighted by Gasteiger charge is -2.38. The highest BCUT2D eigenvalue weighted by atomic mass is 17.2. The van der Waals surface area contributed by atoms with E-state index in [0.29, 0.717) is 25.0 Å². The summed E-state index contributed by atoms with van der Waals surface area (Å²) in [6.45, 7) is 3.40. The molecule has 1 unspecified atom stereocenters. The van der Waals surface area contributed by atoms with E-state index in [9.17, 15) is 4.79 Å². The van der Waals surface area contributed by atoms with E-state index in [4.69, 9.17) is 14.5 Å². The first-order valence-corrected chi connectivity index (χ1v) is 19.6. The highest BCUT2D eigenvalue weighted by molar-refractivity contribution is 5.72. The monoisotopic (exact) mass is 601 g/mol. The standard InChI is InChI=1S/C39H68O4/c1-2-3-6-11-30-16-20-33(21-17-30)34-22-18-31(19-23-34)28-42-43-38(36-14-9-5-10-15-36)29-41-39(40)37-26-24-35(25-27-37)32-12-7-4-8-13-32/h30-38H,2-29H2,1H3. The van der Waals surface area contributed by atoms with Crippen LogP contribution in [0.15, 0.2) is 0 Å². The highest BCUT2D eigenvalue weighted by Crippen LogP contribution is 2.43. The summed E-state index contributed by atoms with van der Waals surface area (Å²) in [5.74, 6) is 5.91. The van der Waals surface area contributed by atoms with Gasteiger partial charge in [0.05, 0.1) is 12.5 Å². The largest absolute Gasteiger partial charge is 0.463 e. The van der Waals surface area contributed by atoms with Crippen LogP contribution in [0.4, 0.5) is 0 Å². The Morgan fingerprint density at radius 3 is 1.74 bits per heavy atom. The number of rotatable bonds is 14. The van der Waals surface area contributed by atoms with E-state index in [1.54, 1.807) is 0 Å². The molecule has 5 aliphatic rings. The first-order chi connectivity index (χ1) is 21.2. The van der Waals surface area contributed by atoms with Crippen molar-refractivity contribution in [2.75, 3.05) is 13.2 Å². The molecule has 0 aromatic rings. The minimum Gasteiger partial charge on any atom is -0.463 e. The van der Waals surface area contributed by atoms with E-state index in [1.807, 2.05) is 0 Å². The molecule has 0 bridgehead atoms. The van der Waals surface area contributed by atoms with Crippen molar-refractivity contribution in [2.24, 2.45) is 47.3 Å². The first-order valence-electron chi connectivity index (χ1n) is 19.6. The lowest BCUT2D eigenvalue weighted by atomic mass is 9.69. The number of esters is 1. The summed E-state index contributed by atoms with van der Waals surface area (Å²) in [7, 11) is 0. The van der Waals surface area contributed by atoms with Gasteiger partial charge in [-0.05, 0) is 118 Å². The number of unbranched alkanes of at least 4 members (excludes halogenated alkanes) is 2. The van der Waals surface area contributed by atoms with Crippen LogP contribution in [0.25, 0.3) is 0 Å². The van der Waals surface area contributed by atoms with E-state index >= 15 is 0 Å². The van der Waals surface area contributed by atoms with E-state index in [2.05, 4.69) is 6.92 Å². The number of carbonyl (C=O) groups excluding carboxylic acids is 1. The van der Waals surface area contributed by atoms with Crippen molar-refractivity contribution >= 4 is 5.97 Å². The highest BCUT2D eigenvalue weighted by Gasteiger charge is 2.34. The van der Waals surface area contributed by atoms with Crippen molar-refractivity contribution in [3.05, 3.63) is 0 Å². The molecule has 0 amide bonds. The Morgan fingerprint density at radius 2 is 1.14 bits per heavy atom. The van der Waals surface area contributed by atoms with Crippen molar-refractivity contribution in [3.63, 3.8) is 0 Å². The zero-order valence-corrected chi connectivity index (χ0v) is 28.1. The summed E-state index contributed by atoms with van der Waals surface area (Å²) in [4.78, 5) is 25.2. The van der Waals surface area contributed by atoms with E-state index in [0.717, 1.165) is 42.4 Å². The molecule has 5 rings (SSSR count). The minimum atomic E-state index is -0.105. The Bertz CT molecular complexity index is 747. The fourth-order valence-electron chi connectivity index (χ4n) is 10.1. The SMILES string of the molecule is CCCCCC1CCC(C2CCC(COOC(COC(=O)C3CCC(C4CCCCC4)CC3)C3CCCCC3)CC2)CC1. The normalized spacial score (nSPS) is 34.1. The average molecular weight is 601 g/mol. The molecule has 5 aliphatic carbocycles. The molecule has 0 aromatic heterocycles. The molecule has 0 heterocycles. The Kier molecular flexibility index (Phi) is 14.5. The number of hydrogen-bond donors (Lipinski definition) is 0. The third kappa shape index (κ3) is 10.7. The van der Waals surface area contributed by atoms with Gasteiger partial charge in [-0.15, -0.1) is 0 Å². The van der Waals surface area contributed by atoms with Gasteiger partial charge in [0.15, 0.2) is 0 Å². The van der Waals surface area contributed by atoms with Crippen LogP contribution in [0.2, 0.25) is 0 Å². The van der Waals surface area contributed by atoms with Crippen LogP contribution < -0.4 is 0 Å². The molecule has 0 radical (unpaired) electrons. The zero-order valence-electron chi connectivity index (χ0n) is 28.1. The van der Waals surface area contributed by atoms with Crippen molar-refractivity contribution in [2.45, 2.75) is 180 Å². The minimum absolute atomic E-state index is 0.0276. The van der Waals surface area contributed by atoms with Gasteiger partial charge in [-0.25, -0.2) is 9.78 Å². The fraction of sp³-hybridized carbons (Fsp3) is 0.974. The Hall–Kier alpha value is -0.610. The Morgan fingerprint density at radius 1 is 0.605 bits per heavy atom. The lowest BCUT2D eigenvalue weighted by molar-refractivity contribution is -0.346. The summed E-state index contributed by atoms with van der Waals surface area (Å²) in [5.41, 5.74) is 0. The van der Waals surface area contributed by atoms with Gasteiger partial charge in [0.25, 0.3) is 0 Å². The van der Waals surface area contributed by atoms with Crippen LogP contribution in [-0.2, 0) is 19.3 Å². The van der Waals surface area contributed by atoms with E-state index < -0.39 is 0 Å². The average Bonchev–Trinajstić information content (AvgIpc) is 3.08. The molecule has 5 fully saturated rings. The zero-order chi connectivity index (χ0) is 29.7. The molecular formula is C39H68O4. The molecule has 4 heteroatoms. The summed E-state index contributed by atoms with van der Waals surface area (Å²) in [5, 5.41) is 0. The van der Waals surface area contributed by atoms with Crippen molar-refractivity contribution in [3.8, 4) is 0 Å². The lowest BCUT2D eigenvalue weighted by Crippen LogP contribution is -2.35. The smallest absolute Gasteiger partial charge is 0.309 e. The molecule has 0 N–H and O–H groups in total. The predicted octanol–water partition coefficient (Wildman–Crippen LogP) is 11.0. The molecule has 4 nitrogen and oxygen atoms in total. The summed E-state index contributed by atoms with van der Waals surface area (Å²) >= 11 is 0. The molecule has 1 atom stereocenters. The van der Waals surface area contributed by atoms with Crippen LogP contribution in [0.1, 0.15) is 174 Å². The topological polar surface area (TPSA) is 44.8 Å². The molecule has 43 heavy (non-hydrogen) atoms. The fourth-order valence-corrected chi connectivity index (χ4v) is 10.1. The van der Waals surface area contributed by atoms with Crippen LogP contribution in [0, 0.1) is 47.3 Å². The van der Waals surface area contributed by atoms with Crippen molar-refractivity contribution in [1.29, 1.82) is 0 Å². The molecule has 248 valence electrons. The maximum Gasteiger partial charge on any atom is 0.309 e. The van der Waals surface area contributed by atoms with Crippen LogP contribution >= 0.6 is 0 Å². The van der Waals surface area contributed by atoms with E-state index in [-0.39, 0.29) is 18.0 Å². The predicted molar refractivity (Wildman–Crippen MR) is 175 cm³/mol. The van der Waals surface area contributed by atoms with Crippen LogP contribution in [-0.4, -0.2) is 25.3 Å².